The average Bonchev–Trinajstić information content (AvgIpc) is 2.17. The molecule has 0 spiro atoms. The van der Waals surface area contributed by atoms with Crippen molar-refractivity contribution in [3.8, 4) is 0 Å². The van der Waals surface area contributed by atoms with Gasteiger partial charge < -0.3 is 0 Å². The molecule has 0 saturated carbocycles. The van der Waals surface area contributed by atoms with Crippen LogP contribution >= 0.6 is 0 Å². The first-order valence-electron chi connectivity index (χ1n) is 4.76. The number of carbonyl (C=O) groups is 1. The molecule has 0 heterocycles. The minimum Gasteiger partial charge on any atom is -0.295 e. The Morgan fingerprint density at radius 1 is 1.46 bits per heavy atom. The van der Waals surface area contributed by atoms with Crippen LogP contribution in [0.2, 0.25) is 0 Å². The summed E-state index contributed by atoms with van der Waals surface area (Å²) in [5.74, 6) is 0.685. The van der Waals surface area contributed by atoms with E-state index in [0.29, 0.717) is 5.92 Å². The summed E-state index contributed by atoms with van der Waals surface area (Å²) < 4.78 is 0. The van der Waals surface area contributed by atoms with Crippen molar-refractivity contribution < 1.29 is 4.79 Å². The van der Waals surface area contributed by atoms with Gasteiger partial charge in [-0.2, -0.15) is 0 Å². The van der Waals surface area contributed by atoms with Gasteiger partial charge in [-0.25, -0.2) is 0 Å². The van der Waals surface area contributed by atoms with E-state index >= 15 is 0 Å². The van der Waals surface area contributed by atoms with E-state index in [1.807, 2.05) is 18.2 Å². The van der Waals surface area contributed by atoms with Crippen LogP contribution in [0.3, 0.4) is 0 Å². The first-order valence-corrected chi connectivity index (χ1v) is 4.76. The Kier molecular flexibility index (Phi) is 3.24. The van der Waals surface area contributed by atoms with E-state index in [4.69, 9.17) is 0 Å². The minimum absolute atomic E-state index is 0.144. The molecule has 0 aliphatic rings. The highest BCUT2D eigenvalue weighted by Crippen LogP contribution is 2.19. The van der Waals surface area contributed by atoms with Crippen LogP contribution in [0.1, 0.15) is 49.0 Å². The number of hydrogen-bond acceptors (Lipinski definition) is 1. The molecule has 1 heteroatoms. The van der Waals surface area contributed by atoms with E-state index in [2.05, 4.69) is 19.9 Å². The first-order chi connectivity index (χ1) is 6.15. The Balaban J connectivity index is 2.98. The van der Waals surface area contributed by atoms with Gasteiger partial charge in [0.05, 0.1) is 0 Å². The zero-order chi connectivity index (χ0) is 9.84. The van der Waals surface area contributed by atoms with Crippen LogP contribution in [0.15, 0.2) is 24.3 Å². The molecule has 0 N–H and O–H groups in total. The summed E-state index contributed by atoms with van der Waals surface area (Å²) in [6.07, 6.45) is 1.11. The SMILES string of the molecule is CC[C@H](C)c1cccc(C(C)=O)c1. The maximum absolute atomic E-state index is 11.1. The maximum atomic E-state index is 11.1. The number of carbonyl (C=O) groups excluding carboxylic acids is 1. The summed E-state index contributed by atoms with van der Waals surface area (Å²) in [7, 11) is 0. The number of ketones is 1. The zero-order valence-corrected chi connectivity index (χ0v) is 8.50. The molecule has 0 amide bonds. The predicted molar refractivity (Wildman–Crippen MR) is 55.2 cm³/mol. The monoisotopic (exact) mass is 176 g/mol. The lowest BCUT2D eigenvalue weighted by Crippen LogP contribution is -1.96. The fraction of sp³-hybridized carbons (Fsp3) is 0.417. The molecule has 0 fully saturated rings. The summed E-state index contributed by atoms with van der Waals surface area (Å²) in [6, 6.07) is 7.91. The Bertz CT molecular complexity index is 302. The molecule has 0 aromatic heterocycles. The van der Waals surface area contributed by atoms with Crippen molar-refractivity contribution >= 4 is 5.78 Å². The molecular weight excluding hydrogens is 160 g/mol. The lowest BCUT2D eigenvalue weighted by atomic mass is 9.96. The van der Waals surface area contributed by atoms with Crippen molar-refractivity contribution in [3.05, 3.63) is 35.4 Å². The van der Waals surface area contributed by atoms with Crippen LogP contribution < -0.4 is 0 Å². The molecular formula is C12H16O. The van der Waals surface area contributed by atoms with Gasteiger partial charge in [0.15, 0.2) is 5.78 Å². The van der Waals surface area contributed by atoms with E-state index < -0.39 is 0 Å². The van der Waals surface area contributed by atoms with Gasteiger partial charge in [0.25, 0.3) is 0 Å². The molecule has 0 aliphatic carbocycles. The summed E-state index contributed by atoms with van der Waals surface area (Å²) in [4.78, 5) is 11.1. The Morgan fingerprint density at radius 3 is 2.69 bits per heavy atom. The molecule has 0 bridgehead atoms. The van der Waals surface area contributed by atoms with E-state index in [1.165, 1.54) is 5.56 Å². The van der Waals surface area contributed by atoms with E-state index in [9.17, 15) is 4.79 Å². The summed E-state index contributed by atoms with van der Waals surface area (Å²) in [5, 5.41) is 0. The maximum Gasteiger partial charge on any atom is 0.159 e. The van der Waals surface area contributed by atoms with Gasteiger partial charge in [-0.1, -0.05) is 32.0 Å². The van der Waals surface area contributed by atoms with Crippen molar-refractivity contribution in [1.29, 1.82) is 0 Å². The second-order valence-electron chi connectivity index (χ2n) is 3.49. The van der Waals surface area contributed by atoms with Gasteiger partial charge in [-0.05, 0) is 30.9 Å². The fourth-order valence-corrected chi connectivity index (χ4v) is 1.30. The third-order valence-corrected chi connectivity index (χ3v) is 2.47. The molecule has 0 saturated heterocycles. The van der Waals surface area contributed by atoms with Crippen molar-refractivity contribution in [3.63, 3.8) is 0 Å². The van der Waals surface area contributed by atoms with Crippen LogP contribution in [0.5, 0.6) is 0 Å². The second-order valence-corrected chi connectivity index (χ2v) is 3.49. The minimum atomic E-state index is 0.144. The largest absolute Gasteiger partial charge is 0.295 e. The second kappa shape index (κ2) is 4.22. The number of Topliss-reactive ketones (excluding diaryl/α,β-unsaturated/α-hetero) is 1. The molecule has 1 aromatic carbocycles. The Labute approximate surface area is 79.8 Å². The molecule has 13 heavy (non-hydrogen) atoms. The van der Waals surface area contributed by atoms with E-state index in [-0.39, 0.29) is 5.78 Å². The van der Waals surface area contributed by atoms with Gasteiger partial charge in [0, 0.05) is 5.56 Å². The summed E-state index contributed by atoms with van der Waals surface area (Å²) in [6.45, 7) is 5.94. The lowest BCUT2D eigenvalue weighted by molar-refractivity contribution is 0.101. The van der Waals surface area contributed by atoms with Gasteiger partial charge in [0.2, 0.25) is 0 Å². The number of rotatable bonds is 3. The fourth-order valence-electron chi connectivity index (χ4n) is 1.30. The van der Waals surface area contributed by atoms with Gasteiger partial charge in [-0.15, -0.1) is 0 Å². The number of benzene rings is 1. The topological polar surface area (TPSA) is 17.1 Å². The summed E-state index contributed by atoms with van der Waals surface area (Å²) in [5.41, 5.74) is 2.08. The highest BCUT2D eigenvalue weighted by atomic mass is 16.1. The number of hydrogen-bond donors (Lipinski definition) is 0. The lowest BCUT2D eigenvalue weighted by Gasteiger charge is -2.09. The average molecular weight is 176 g/mol. The molecule has 0 radical (unpaired) electrons. The standard InChI is InChI=1S/C12H16O/c1-4-9(2)11-6-5-7-12(8-11)10(3)13/h5-9H,4H2,1-3H3/t9-/m0/s1. The van der Waals surface area contributed by atoms with E-state index in [0.717, 1.165) is 12.0 Å². The van der Waals surface area contributed by atoms with Gasteiger partial charge in [-0.3, -0.25) is 4.79 Å². The van der Waals surface area contributed by atoms with Crippen LogP contribution in [0, 0.1) is 0 Å². The summed E-state index contributed by atoms with van der Waals surface area (Å²) >= 11 is 0. The first kappa shape index (κ1) is 9.97. The van der Waals surface area contributed by atoms with Crippen molar-refractivity contribution in [2.45, 2.75) is 33.1 Å². The smallest absolute Gasteiger partial charge is 0.159 e. The van der Waals surface area contributed by atoms with Crippen molar-refractivity contribution in [1.82, 2.24) is 0 Å². The molecule has 0 aliphatic heterocycles. The molecule has 70 valence electrons. The van der Waals surface area contributed by atoms with Crippen molar-refractivity contribution in [2.24, 2.45) is 0 Å². The predicted octanol–water partition coefficient (Wildman–Crippen LogP) is 3.40. The molecule has 1 atom stereocenters. The molecule has 1 nitrogen and oxygen atoms in total. The van der Waals surface area contributed by atoms with Gasteiger partial charge >= 0.3 is 0 Å². The highest BCUT2D eigenvalue weighted by molar-refractivity contribution is 5.94. The van der Waals surface area contributed by atoms with Gasteiger partial charge in [0.1, 0.15) is 0 Å². The van der Waals surface area contributed by atoms with E-state index in [1.54, 1.807) is 6.92 Å². The van der Waals surface area contributed by atoms with Crippen LogP contribution in [0.25, 0.3) is 0 Å². The Morgan fingerprint density at radius 2 is 2.15 bits per heavy atom. The molecule has 0 unspecified atom stereocenters. The zero-order valence-electron chi connectivity index (χ0n) is 8.50. The van der Waals surface area contributed by atoms with Crippen LogP contribution in [-0.2, 0) is 0 Å². The quantitative estimate of drug-likeness (QED) is 0.645. The van der Waals surface area contributed by atoms with Crippen LogP contribution in [-0.4, -0.2) is 5.78 Å². The molecule has 1 aromatic rings. The van der Waals surface area contributed by atoms with Crippen molar-refractivity contribution in [2.75, 3.05) is 0 Å². The Hall–Kier alpha value is -1.11. The normalized spacial score (nSPS) is 12.5. The third-order valence-electron chi connectivity index (χ3n) is 2.47. The highest BCUT2D eigenvalue weighted by Gasteiger charge is 2.04. The third kappa shape index (κ3) is 2.41. The molecule has 1 rings (SSSR count). The van der Waals surface area contributed by atoms with Crippen LogP contribution in [0.4, 0.5) is 0 Å².